The molecule has 2 aliphatic rings. The lowest BCUT2D eigenvalue weighted by Gasteiger charge is -2.29. The Morgan fingerprint density at radius 3 is 2.91 bits per heavy atom. The van der Waals surface area contributed by atoms with Gasteiger partial charge in [0.25, 0.3) is 0 Å². The van der Waals surface area contributed by atoms with Crippen LogP contribution >= 0.6 is 0 Å². The zero-order chi connectivity index (χ0) is 7.68. The molecule has 1 saturated carbocycles. The average Bonchev–Trinajstić information content (AvgIpc) is 2.06. The zero-order valence-electron chi connectivity index (χ0n) is 6.57. The van der Waals surface area contributed by atoms with Gasteiger partial charge in [-0.05, 0) is 18.9 Å². The van der Waals surface area contributed by atoms with Gasteiger partial charge < -0.3 is 5.21 Å². The highest BCUT2D eigenvalue weighted by Gasteiger charge is 2.30. The molecule has 0 aromatic carbocycles. The molecule has 0 bridgehead atoms. The van der Waals surface area contributed by atoms with E-state index in [1.165, 1.54) is 19.3 Å². The Morgan fingerprint density at radius 2 is 2.09 bits per heavy atom. The molecule has 0 saturated heterocycles. The largest absolute Gasteiger partial charge is 0.624 e. The molecule has 60 valence electrons. The summed E-state index contributed by atoms with van der Waals surface area (Å²) in [5.74, 6) is 0.534. The van der Waals surface area contributed by atoms with Crippen LogP contribution in [0.3, 0.4) is 0 Å². The van der Waals surface area contributed by atoms with E-state index in [-0.39, 0.29) is 6.04 Å². The Hall–Kier alpha value is -0.790. The van der Waals surface area contributed by atoms with Crippen LogP contribution in [0.25, 0.3) is 0 Å². The van der Waals surface area contributed by atoms with Crippen molar-refractivity contribution in [1.29, 1.82) is 0 Å². The third-order valence-corrected chi connectivity index (χ3v) is 2.70. The second-order valence-electron chi connectivity index (χ2n) is 3.41. The van der Waals surface area contributed by atoms with Crippen LogP contribution in [-0.4, -0.2) is 17.0 Å². The highest BCUT2D eigenvalue weighted by Crippen LogP contribution is 2.28. The number of hydrogen-bond donors (Lipinski definition) is 0. The standard InChI is InChI=1S/C9H13NO/c11-10-7-3-5-8-4-1-2-6-9(8)10/h3,5,7-9H,1-2,4,6H2/t8-,9-/m1/s1. The van der Waals surface area contributed by atoms with Crippen LogP contribution in [-0.2, 0) is 0 Å². The molecular weight excluding hydrogens is 138 g/mol. The van der Waals surface area contributed by atoms with Crippen molar-refractivity contribution in [3.05, 3.63) is 17.4 Å². The fraction of sp³-hybridized carbons (Fsp3) is 0.667. The molecule has 2 atom stereocenters. The highest BCUT2D eigenvalue weighted by molar-refractivity contribution is 5.67. The van der Waals surface area contributed by atoms with Crippen LogP contribution in [0.2, 0.25) is 0 Å². The van der Waals surface area contributed by atoms with Crippen molar-refractivity contribution < 1.29 is 4.74 Å². The van der Waals surface area contributed by atoms with Crippen LogP contribution in [0.15, 0.2) is 12.2 Å². The monoisotopic (exact) mass is 151 g/mol. The van der Waals surface area contributed by atoms with Gasteiger partial charge >= 0.3 is 0 Å². The SMILES string of the molecule is [O-][N+]1=CC=C[C@H]2CCCC[C@H]21. The molecule has 1 aliphatic heterocycles. The van der Waals surface area contributed by atoms with Crippen molar-refractivity contribution in [2.24, 2.45) is 5.92 Å². The summed E-state index contributed by atoms with van der Waals surface area (Å²) >= 11 is 0. The first kappa shape index (κ1) is 6.89. The van der Waals surface area contributed by atoms with E-state index in [1.54, 1.807) is 6.21 Å². The molecule has 0 aromatic heterocycles. The summed E-state index contributed by atoms with van der Waals surface area (Å²) in [6.07, 6.45) is 10.5. The van der Waals surface area contributed by atoms with Crippen LogP contribution < -0.4 is 0 Å². The molecule has 0 N–H and O–H groups in total. The van der Waals surface area contributed by atoms with Gasteiger partial charge in [-0.1, -0.05) is 12.5 Å². The summed E-state index contributed by atoms with van der Waals surface area (Å²) in [5, 5.41) is 11.2. The van der Waals surface area contributed by atoms with Crippen LogP contribution in [0.5, 0.6) is 0 Å². The highest BCUT2D eigenvalue weighted by atomic mass is 16.5. The van der Waals surface area contributed by atoms with E-state index in [0.717, 1.165) is 11.2 Å². The van der Waals surface area contributed by atoms with Gasteiger partial charge in [0.15, 0.2) is 12.3 Å². The normalized spacial score (nSPS) is 36.2. The molecule has 1 heterocycles. The topological polar surface area (TPSA) is 26.1 Å². The quantitative estimate of drug-likeness (QED) is 0.382. The van der Waals surface area contributed by atoms with Gasteiger partial charge in [0.2, 0.25) is 0 Å². The summed E-state index contributed by atoms with van der Waals surface area (Å²) in [6, 6.07) is 0.258. The van der Waals surface area contributed by atoms with E-state index in [2.05, 4.69) is 6.08 Å². The lowest BCUT2D eigenvalue weighted by molar-refractivity contribution is -0.509. The molecule has 0 spiro atoms. The minimum Gasteiger partial charge on any atom is -0.624 e. The third kappa shape index (κ3) is 1.17. The fourth-order valence-corrected chi connectivity index (χ4v) is 2.07. The molecule has 1 aliphatic carbocycles. The molecule has 0 unspecified atom stereocenters. The smallest absolute Gasteiger partial charge is 0.174 e. The Labute approximate surface area is 66.8 Å². The minimum absolute atomic E-state index is 0.258. The number of allylic oxidation sites excluding steroid dienone is 1. The molecule has 11 heavy (non-hydrogen) atoms. The van der Waals surface area contributed by atoms with Crippen molar-refractivity contribution in [3.8, 4) is 0 Å². The van der Waals surface area contributed by atoms with Crippen molar-refractivity contribution in [2.45, 2.75) is 31.7 Å². The number of fused-ring (bicyclic) bond motifs is 1. The number of rotatable bonds is 0. The fourth-order valence-electron chi connectivity index (χ4n) is 2.07. The predicted octanol–water partition coefficient (Wildman–Crippen LogP) is 1.70. The first-order chi connectivity index (χ1) is 5.38. The molecular formula is C9H13NO. The average molecular weight is 151 g/mol. The maximum absolute atomic E-state index is 11.2. The molecule has 0 radical (unpaired) electrons. The Balaban J connectivity index is 2.16. The van der Waals surface area contributed by atoms with Gasteiger partial charge in [0.05, 0.1) is 0 Å². The summed E-state index contributed by atoms with van der Waals surface area (Å²) in [5.41, 5.74) is 0. The van der Waals surface area contributed by atoms with Gasteiger partial charge in [0, 0.05) is 12.3 Å². The van der Waals surface area contributed by atoms with Crippen molar-refractivity contribution in [2.75, 3.05) is 0 Å². The van der Waals surface area contributed by atoms with Crippen molar-refractivity contribution >= 4 is 6.21 Å². The predicted molar refractivity (Wildman–Crippen MR) is 44.6 cm³/mol. The Morgan fingerprint density at radius 1 is 1.27 bits per heavy atom. The Kier molecular flexibility index (Phi) is 1.68. The second kappa shape index (κ2) is 2.68. The van der Waals surface area contributed by atoms with Gasteiger partial charge in [-0.15, -0.1) is 0 Å². The Bertz CT molecular complexity index is 208. The maximum Gasteiger partial charge on any atom is 0.174 e. The minimum atomic E-state index is 0.258. The van der Waals surface area contributed by atoms with E-state index < -0.39 is 0 Å². The number of nitrogens with zero attached hydrogens (tertiary/aromatic N) is 1. The first-order valence-corrected chi connectivity index (χ1v) is 4.35. The van der Waals surface area contributed by atoms with Crippen molar-refractivity contribution in [3.63, 3.8) is 0 Å². The summed E-state index contributed by atoms with van der Waals surface area (Å²) in [4.78, 5) is 0. The van der Waals surface area contributed by atoms with Gasteiger partial charge in [0.1, 0.15) is 0 Å². The summed E-state index contributed by atoms with van der Waals surface area (Å²) in [7, 11) is 0. The number of hydroxylamine groups is 1. The van der Waals surface area contributed by atoms with Crippen LogP contribution in [0.1, 0.15) is 25.7 Å². The lowest BCUT2D eigenvalue weighted by atomic mass is 9.83. The van der Waals surface area contributed by atoms with Gasteiger partial charge in [-0.2, -0.15) is 0 Å². The maximum atomic E-state index is 11.2. The van der Waals surface area contributed by atoms with Crippen molar-refractivity contribution in [1.82, 2.24) is 0 Å². The van der Waals surface area contributed by atoms with Gasteiger partial charge in [-0.3, -0.25) is 0 Å². The van der Waals surface area contributed by atoms with E-state index in [1.807, 2.05) is 6.08 Å². The van der Waals surface area contributed by atoms with E-state index in [0.29, 0.717) is 5.92 Å². The molecule has 2 nitrogen and oxygen atoms in total. The summed E-state index contributed by atoms with van der Waals surface area (Å²) in [6.45, 7) is 0. The number of hydrogen-bond acceptors (Lipinski definition) is 1. The van der Waals surface area contributed by atoms with Crippen LogP contribution in [0, 0.1) is 11.1 Å². The van der Waals surface area contributed by atoms with Gasteiger partial charge in [-0.25, -0.2) is 4.74 Å². The lowest BCUT2D eigenvalue weighted by Crippen LogP contribution is -2.34. The molecule has 0 aromatic rings. The molecule has 0 amide bonds. The second-order valence-corrected chi connectivity index (χ2v) is 3.41. The van der Waals surface area contributed by atoms with E-state index in [4.69, 9.17) is 0 Å². The van der Waals surface area contributed by atoms with E-state index in [9.17, 15) is 5.21 Å². The van der Waals surface area contributed by atoms with E-state index >= 15 is 0 Å². The molecule has 2 heteroatoms. The zero-order valence-corrected chi connectivity index (χ0v) is 6.57. The molecule has 2 rings (SSSR count). The molecule has 1 fully saturated rings. The first-order valence-electron chi connectivity index (χ1n) is 4.35. The third-order valence-electron chi connectivity index (χ3n) is 2.70. The van der Waals surface area contributed by atoms with Crippen LogP contribution in [0.4, 0.5) is 0 Å². The summed E-state index contributed by atoms with van der Waals surface area (Å²) < 4.78 is 1.13.